The molecule has 5 nitrogen and oxygen atoms in total. The van der Waals surface area contributed by atoms with E-state index in [1.165, 1.54) is 7.11 Å². The first-order valence-electron chi connectivity index (χ1n) is 6.35. The highest BCUT2D eigenvalue weighted by atomic mass is 16.5. The number of carbonyl (C=O) groups is 2. The van der Waals surface area contributed by atoms with Gasteiger partial charge in [-0.3, -0.25) is 4.79 Å². The minimum absolute atomic E-state index is 0.000237. The van der Waals surface area contributed by atoms with E-state index in [1.54, 1.807) is 4.90 Å². The molecule has 1 amide bonds. The number of ether oxygens (including phenoxy) is 2. The first-order chi connectivity index (χ1) is 8.74. The molecule has 1 heterocycles. The molecule has 2 atom stereocenters. The molecule has 0 N–H and O–H groups in total. The van der Waals surface area contributed by atoms with Crippen LogP contribution in [0, 0.1) is 5.92 Å². The predicted octanol–water partition coefficient (Wildman–Crippen LogP) is 0.743. The van der Waals surface area contributed by atoms with Crippen LogP contribution in [-0.2, 0) is 19.1 Å². The van der Waals surface area contributed by atoms with Gasteiger partial charge in [0, 0.05) is 12.5 Å². The number of nitrogens with zero attached hydrogens (tertiary/aromatic N) is 1. The Labute approximate surface area is 107 Å². The average Bonchev–Trinajstić information content (AvgIpc) is 2.46. The summed E-state index contributed by atoms with van der Waals surface area (Å²) in [5.74, 6) is -0.340. The largest absolute Gasteiger partial charge is 0.467 e. The molecule has 2 aliphatic rings. The van der Waals surface area contributed by atoms with E-state index in [0.717, 1.165) is 19.3 Å². The Kier molecular flexibility index (Phi) is 4.36. The molecule has 0 spiro atoms. The van der Waals surface area contributed by atoms with Crippen molar-refractivity contribution in [1.29, 1.82) is 0 Å². The maximum atomic E-state index is 12.4. The van der Waals surface area contributed by atoms with E-state index in [0.29, 0.717) is 13.2 Å². The summed E-state index contributed by atoms with van der Waals surface area (Å²) in [4.78, 5) is 25.7. The Balaban J connectivity index is 2.05. The average molecular weight is 253 g/mol. The monoisotopic (exact) mass is 253 g/mol. The van der Waals surface area contributed by atoms with Gasteiger partial charge in [-0.1, -0.05) is 12.2 Å². The third kappa shape index (κ3) is 2.72. The molecule has 5 heteroatoms. The van der Waals surface area contributed by atoms with Gasteiger partial charge in [-0.25, -0.2) is 4.79 Å². The molecule has 2 rings (SSSR count). The Hall–Kier alpha value is -1.36. The quantitative estimate of drug-likeness (QED) is 0.538. The van der Waals surface area contributed by atoms with E-state index in [-0.39, 0.29) is 18.4 Å². The number of methoxy groups -OCH3 is 1. The Morgan fingerprint density at radius 3 is 2.89 bits per heavy atom. The molecule has 0 bridgehead atoms. The number of esters is 1. The van der Waals surface area contributed by atoms with Crippen LogP contribution in [0.3, 0.4) is 0 Å². The topological polar surface area (TPSA) is 55.8 Å². The van der Waals surface area contributed by atoms with Crippen molar-refractivity contribution in [3.8, 4) is 0 Å². The van der Waals surface area contributed by atoms with Crippen LogP contribution in [0.2, 0.25) is 0 Å². The second kappa shape index (κ2) is 6.00. The molecule has 1 fully saturated rings. The summed E-state index contributed by atoms with van der Waals surface area (Å²) in [5, 5.41) is 0. The minimum atomic E-state index is -0.581. The summed E-state index contributed by atoms with van der Waals surface area (Å²) in [6.07, 6.45) is 6.70. The normalized spacial score (nSPS) is 27.9. The maximum Gasteiger partial charge on any atom is 0.331 e. The standard InChI is InChI=1S/C13H19NO4/c1-17-13(16)11-9-18-8-7-14(11)12(15)10-5-3-2-4-6-10/h2-3,10-11H,4-9H2,1H3. The van der Waals surface area contributed by atoms with E-state index in [1.807, 2.05) is 6.08 Å². The van der Waals surface area contributed by atoms with E-state index >= 15 is 0 Å². The van der Waals surface area contributed by atoms with Crippen molar-refractivity contribution in [2.75, 3.05) is 26.9 Å². The molecule has 100 valence electrons. The number of hydrogen-bond donors (Lipinski definition) is 0. The second-order valence-corrected chi connectivity index (χ2v) is 4.63. The van der Waals surface area contributed by atoms with Crippen molar-refractivity contribution < 1.29 is 19.1 Å². The molecule has 0 aromatic heterocycles. The van der Waals surface area contributed by atoms with Crippen LogP contribution in [0.25, 0.3) is 0 Å². The lowest BCUT2D eigenvalue weighted by atomic mass is 9.92. The number of allylic oxidation sites excluding steroid dienone is 2. The SMILES string of the molecule is COC(=O)C1COCCN1C(=O)C1CC=CCC1. The molecular weight excluding hydrogens is 234 g/mol. The fraction of sp³-hybridized carbons (Fsp3) is 0.692. The van der Waals surface area contributed by atoms with Gasteiger partial charge in [0.25, 0.3) is 0 Å². The fourth-order valence-electron chi connectivity index (χ4n) is 2.45. The lowest BCUT2D eigenvalue weighted by molar-refractivity contribution is -0.162. The van der Waals surface area contributed by atoms with Gasteiger partial charge in [0.2, 0.25) is 5.91 Å². The number of carbonyl (C=O) groups excluding carboxylic acids is 2. The smallest absolute Gasteiger partial charge is 0.331 e. The van der Waals surface area contributed by atoms with Gasteiger partial charge in [0.05, 0.1) is 20.3 Å². The van der Waals surface area contributed by atoms with E-state index < -0.39 is 12.0 Å². The van der Waals surface area contributed by atoms with E-state index in [9.17, 15) is 9.59 Å². The van der Waals surface area contributed by atoms with Crippen molar-refractivity contribution >= 4 is 11.9 Å². The molecule has 0 aromatic rings. The van der Waals surface area contributed by atoms with Crippen LogP contribution >= 0.6 is 0 Å². The summed E-state index contributed by atoms with van der Waals surface area (Å²) >= 11 is 0. The van der Waals surface area contributed by atoms with Crippen molar-refractivity contribution in [2.24, 2.45) is 5.92 Å². The minimum Gasteiger partial charge on any atom is -0.467 e. The van der Waals surface area contributed by atoms with Gasteiger partial charge in [0.15, 0.2) is 6.04 Å². The van der Waals surface area contributed by atoms with Gasteiger partial charge in [-0.15, -0.1) is 0 Å². The van der Waals surface area contributed by atoms with Gasteiger partial charge < -0.3 is 14.4 Å². The molecule has 0 radical (unpaired) electrons. The zero-order chi connectivity index (χ0) is 13.0. The highest BCUT2D eigenvalue weighted by Crippen LogP contribution is 2.23. The lowest BCUT2D eigenvalue weighted by Crippen LogP contribution is -2.54. The highest BCUT2D eigenvalue weighted by molar-refractivity contribution is 5.86. The van der Waals surface area contributed by atoms with Gasteiger partial charge >= 0.3 is 5.97 Å². The Morgan fingerprint density at radius 1 is 1.39 bits per heavy atom. The van der Waals surface area contributed by atoms with Crippen molar-refractivity contribution in [3.63, 3.8) is 0 Å². The number of morpholine rings is 1. The number of rotatable bonds is 2. The molecule has 2 unspecified atom stereocenters. The molecule has 1 aliphatic heterocycles. The zero-order valence-electron chi connectivity index (χ0n) is 10.6. The summed E-state index contributed by atoms with van der Waals surface area (Å²) in [7, 11) is 1.34. The number of hydrogen-bond acceptors (Lipinski definition) is 4. The third-order valence-corrected chi connectivity index (χ3v) is 3.50. The van der Waals surface area contributed by atoms with Crippen LogP contribution in [-0.4, -0.2) is 49.7 Å². The maximum absolute atomic E-state index is 12.4. The molecule has 18 heavy (non-hydrogen) atoms. The highest BCUT2D eigenvalue weighted by Gasteiger charge is 2.36. The third-order valence-electron chi connectivity index (χ3n) is 3.50. The Bertz CT molecular complexity index is 353. The fourth-order valence-corrected chi connectivity index (χ4v) is 2.45. The van der Waals surface area contributed by atoms with Gasteiger partial charge in [-0.05, 0) is 19.3 Å². The Morgan fingerprint density at radius 2 is 2.22 bits per heavy atom. The first-order valence-corrected chi connectivity index (χ1v) is 6.35. The van der Waals surface area contributed by atoms with Crippen molar-refractivity contribution in [1.82, 2.24) is 4.90 Å². The summed E-state index contributed by atoms with van der Waals surface area (Å²) in [6.45, 7) is 1.20. The van der Waals surface area contributed by atoms with Crippen LogP contribution in [0.4, 0.5) is 0 Å². The zero-order valence-corrected chi connectivity index (χ0v) is 10.6. The molecule has 1 saturated heterocycles. The van der Waals surface area contributed by atoms with Crippen LogP contribution < -0.4 is 0 Å². The van der Waals surface area contributed by atoms with Crippen LogP contribution in [0.1, 0.15) is 19.3 Å². The van der Waals surface area contributed by atoms with Gasteiger partial charge in [0.1, 0.15) is 0 Å². The second-order valence-electron chi connectivity index (χ2n) is 4.63. The number of amides is 1. The molecule has 0 aromatic carbocycles. The predicted molar refractivity (Wildman–Crippen MR) is 64.8 cm³/mol. The van der Waals surface area contributed by atoms with Crippen LogP contribution in [0.5, 0.6) is 0 Å². The van der Waals surface area contributed by atoms with Gasteiger partial charge in [-0.2, -0.15) is 0 Å². The lowest BCUT2D eigenvalue weighted by Gasteiger charge is -2.36. The molecule has 1 aliphatic carbocycles. The van der Waals surface area contributed by atoms with Crippen LogP contribution in [0.15, 0.2) is 12.2 Å². The summed E-state index contributed by atoms with van der Waals surface area (Å²) < 4.78 is 9.99. The van der Waals surface area contributed by atoms with E-state index in [2.05, 4.69) is 6.08 Å². The van der Waals surface area contributed by atoms with E-state index in [4.69, 9.17) is 9.47 Å². The summed E-state index contributed by atoms with van der Waals surface area (Å²) in [5.41, 5.74) is 0. The van der Waals surface area contributed by atoms with Crippen molar-refractivity contribution in [2.45, 2.75) is 25.3 Å². The molecular formula is C13H19NO4. The molecule has 0 saturated carbocycles. The first kappa shape index (κ1) is 13.1. The van der Waals surface area contributed by atoms with Crippen molar-refractivity contribution in [3.05, 3.63) is 12.2 Å². The summed E-state index contributed by atoms with van der Waals surface area (Å²) in [6, 6.07) is -0.581.